The maximum Gasteiger partial charge on any atom is 0.372 e. The van der Waals surface area contributed by atoms with Crippen molar-refractivity contribution in [3.63, 3.8) is 0 Å². The highest BCUT2D eigenvalue weighted by Gasteiger charge is 2.49. The van der Waals surface area contributed by atoms with Crippen LogP contribution in [0.3, 0.4) is 0 Å². The molecular weight excluding hydrogens is 369 g/mol. The van der Waals surface area contributed by atoms with Crippen LogP contribution in [0.15, 0.2) is 10.6 Å². The van der Waals surface area contributed by atoms with Gasteiger partial charge in [0, 0.05) is 33.0 Å². The van der Waals surface area contributed by atoms with Crippen LogP contribution in [0.25, 0.3) is 0 Å². The average Bonchev–Trinajstić information content (AvgIpc) is 1.93. The maximum atomic E-state index is 6.01. The van der Waals surface area contributed by atoms with E-state index in [-0.39, 0.29) is 0 Å². The number of rotatable bonds is 4. The van der Waals surface area contributed by atoms with E-state index in [2.05, 4.69) is 0 Å². The second-order valence-electron chi connectivity index (χ2n) is 3.48. The summed E-state index contributed by atoms with van der Waals surface area (Å²) < 4.78 is 0. The molecule has 16 heavy (non-hydrogen) atoms. The number of hydrogen-bond acceptors (Lipinski definition) is 2. The van der Waals surface area contributed by atoms with Crippen molar-refractivity contribution in [3.8, 4) is 0 Å². The highest BCUT2D eigenvalue weighted by atomic mass is 35.8. The summed E-state index contributed by atoms with van der Waals surface area (Å²) in [6.45, 7) is 0. The van der Waals surface area contributed by atoms with Gasteiger partial charge in [0.2, 0.25) is 0 Å². The van der Waals surface area contributed by atoms with Crippen LogP contribution in [-0.2, 0) is 0 Å². The van der Waals surface area contributed by atoms with Crippen molar-refractivity contribution in [2.45, 2.75) is 0 Å². The summed E-state index contributed by atoms with van der Waals surface area (Å²) in [5.41, 5.74) is 0. The van der Waals surface area contributed by atoms with Crippen molar-refractivity contribution in [1.29, 1.82) is 0 Å². The van der Waals surface area contributed by atoms with Crippen molar-refractivity contribution < 1.29 is 0 Å². The molecular formula is C6H12Cl6N2Si2. The molecule has 0 aromatic heterocycles. The molecule has 0 aromatic rings. The molecule has 0 heterocycles. The van der Waals surface area contributed by atoms with E-state index in [0.717, 1.165) is 0 Å². The van der Waals surface area contributed by atoms with Crippen LogP contribution in [0.5, 0.6) is 0 Å². The SMILES string of the molecule is CN(C)C(=C([Si](Cl)(Cl)Cl)[Si](Cl)(Cl)Cl)N(C)C. The summed E-state index contributed by atoms with van der Waals surface area (Å²) >= 11 is 36.0. The topological polar surface area (TPSA) is 6.48 Å². The monoisotopic (exact) mass is 378 g/mol. The van der Waals surface area contributed by atoms with E-state index in [1.165, 1.54) is 0 Å². The van der Waals surface area contributed by atoms with Gasteiger partial charge < -0.3 is 9.80 Å². The Balaban J connectivity index is 5.88. The molecule has 0 aliphatic rings. The summed E-state index contributed by atoms with van der Waals surface area (Å²) in [7, 11) is 7.24. The Hall–Kier alpha value is 1.51. The quantitative estimate of drug-likeness (QED) is 0.541. The second-order valence-corrected chi connectivity index (χ2v) is 20.7. The van der Waals surface area contributed by atoms with Crippen LogP contribution in [0.1, 0.15) is 0 Å². The smallest absolute Gasteiger partial charge is 0.365 e. The lowest BCUT2D eigenvalue weighted by molar-refractivity contribution is 0.342. The molecule has 0 saturated heterocycles. The van der Waals surface area contributed by atoms with Gasteiger partial charge in [0.25, 0.3) is 0 Å². The van der Waals surface area contributed by atoms with Crippen molar-refractivity contribution in [1.82, 2.24) is 9.80 Å². The predicted molar refractivity (Wildman–Crippen MR) is 81.0 cm³/mol. The van der Waals surface area contributed by atoms with Crippen molar-refractivity contribution in [3.05, 3.63) is 10.6 Å². The summed E-state index contributed by atoms with van der Waals surface area (Å²) in [5.74, 6) is 0.651. The van der Waals surface area contributed by atoms with Gasteiger partial charge in [0.15, 0.2) is 0 Å². The van der Waals surface area contributed by atoms with Crippen LogP contribution in [0, 0.1) is 0 Å². The lowest BCUT2D eigenvalue weighted by Gasteiger charge is -2.32. The summed E-state index contributed by atoms with van der Waals surface area (Å²) in [6.07, 6.45) is 0. The summed E-state index contributed by atoms with van der Waals surface area (Å²) in [4.78, 5) is 3.92. The van der Waals surface area contributed by atoms with Crippen LogP contribution >= 0.6 is 66.5 Å². The molecule has 96 valence electrons. The molecule has 0 aliphatic carbocycles. The van der Waals surface area contributed by atoms with Gasteiger partial charge in [-0.25, -0.2) is 0 Å². The third kappa shape index (κ3) is 5.02. The molecule has 2 nitrogen and oxygen atoms in total. The first-order valence-corrected chi connectivity index (χ1v) is 14.2. The van der Waals surface area contributed by atoms with E-state index in [1.807, 2.05) is 28.2 Å². The highest BCUT2D eigenvalue weighted by Crippen LogP contribution is 2.43. The Morgan fingerprint density at radius 3 is 1.00 bits per heavy atom. The lowest BCUT2D eigenvalue weighted by Crippen LogP contribution is -2.39. The van der Waals surface area contributed by atoms with Gasteiger partial charge in [-0.1, -0.05) is 0 Å². The molecule has 0 unspecified atom stereocenters. The minimum absolute atomic E-state index is 0.366. The standard InChI is InChI=1S/C6H12Cl6N2Si2/c1-13(2)5(14(3)4)6(15(7,8)9)16(10,11)12/h1-4H3. The van der Waals surface area contributed by atoms with E-state index in [1.54, 1.807) is 9.80 Å². The van der Waals surface area contributed by atoms with Crippen LogP contribution in [-0.4, -0.2) is 50.0 Å². The van der Waals surface area contributed by atoms with Gasteiger partial charge in [0.1, 0.15) is 5.82 Å². The molecule has 0 amide bonds. The second kappa shape index (κ2) is 6.11. The summed E-state index contributed by atoms with van der Waals surface area (Å²) in [5, 5.41) is 0. The van der Waals surface area contributed by atoms with Crippen LogP contribution < -0.4 is 0 Å². The van der Waals surface area contributed by atoms with Gasteiger partial charge in [-0.05, 0) is 0 Å². The largest absolute Gasteiger partial charge is 0.372 e. The molecule has 10 heteroatoms. The van der Waals surface area contributed by atoms with Crippen LogP contribution in [0.2, 0.25) is 0 Å². The first-order chi connectivity index (χ1) is 6.89. The predicted octanol–water partition coefficient (Wildman–Crippen LogP) is 3.71. The third-order valence-corrected chi connectivity index (χ3v) is 11.7. The van der Waals surface area contributed by atoms with E-state index in [4.69, 9.17) is 66.5 Å². The van der Waals surface area contributed by atoms with E-state index in [0.29, 0.717) is 10.6 Å². The molecule has 0 radical (unpaired) electrons. The molecule has 0 rings (SSSR count). The fraction of sp³-hybridized carbons (Fsp3) is 0.667. The van der Waals surface area contributed by atoms with Crippen molar-refractivity contribution in [2.75, 3.05) is 28.2 Å². The Kier molecular flexibility index (Phi) is 6.68. The van der Waals surface area contributed by atoms with Gasteiger partial charge in [-0.3, -0.25) is 0 Å². The molecule has 0 fully saturated rings. The van der Waals surface area contributed by atoms with Crippen molar-refractivity contribution >= 4 is 78.5 Å². The first-order valence-electron chi connectivity index (χ1n) is 4.12. The Morgan fingerprint density at radius 2 is 0.938 bits per heavy atom. The zero-order valence-corrected chi connectivity index (χ0v) is 15.7. The van der Waals surface area contributed by atoms with Gasteiger partial charge >= 0.3 is 12.0 Å². The molecule has 0 bridgehead atoms. The normalized spacial score (nSPS) is 12.4. The van der Waals surface area contributed by atoms with Crippen LogP contribution in [0.4, 0.5) is 0 Å². The minimum Gasteiger partial charge on any atom is -0.365 e. The molecule has 0 spiro atoms. The molecule has 0 N–H and O–H groups in total. The zero-order chi connectivity index (χ0) is 13.3. The molecule has 0 aromatic carbocycles. The third-order valence-electron chi connectivity index (χ3n) is 1.64. The van der Waals surface area contributed by atoms with E-state index >= 15 is 0 Å². The number of hydrogen-bond donors (Lipinski definition) is 0. The maximum absolute atomic E-state index is 6.01. The van der Waals surface area contributed by atoms with E-state index < -0.39 is 12.0 Å². The minimum atomic E-state index is -3.23. The average molecular weight is 381 g/mol. The molecule has 0 atom stereocenters. The van der Waals surface area contributed by atoms with Gasteiger partial charge in [0.05, 0.1) is 0 Å². The van der Waals surface area contributed by atoms with Gasteiger partial charge in [-0.15, -0.1) is 66.5 Å². The lowest BCUT2D eigenvalue weighted by atomic mass is 10.6. The Morgan fingerprint density at radius 1 is 0.688 bits per heavy atom. The highest BCUT2D eigenvalue weighted by molar-refractivity contribution is 7.79. The molecule has 0 aliphatic heterocycles. The molecule has 0 saturated carbocycles. The van der Waals surface area contributed by atoms with Gasteiger partial charge in [-0.2, -0.15) is 0 Å². The Labute approximate surface area is 126 Å². The number of halogens is 6. The Bertz CT molecular complexity index is 254. The first kappa shape index (κ1) is 17.5. The van der Waals surface area contributed by atoms with Crippen molar-refractivity contribution in [2.24, 2.45) is 0 Å². The summed E-state index contributed by atoms with van der Waals surface area (Å²) in [6, 6.07) is -6.46. The zero-order valence-electron chi connectivity index (χ0n) is 9.16. The number of nitrogens with zero attached hydrogens (tertiary/aromatic N) is 2. The fourth-order valence-corrected chi connectivity index (χ4v) is 17.0. The van der Waals surface area contributed by atoms with E-state index in [9.17, 15) is 0 Å². The fourth-order valence-electron chi connectivity index (χ4n) is 1.26.